The Kier molecular flexibility index (Phi) is 68.5. The van der Waals surface area contributed by atoms with E-state index in [2.05, 4.69) is 118 Å². The number of rotatable bonds is 39. The van der Waals surface area contributed by atoms with Crippen LogP contribution in [0.4, 0.5) is 0 Å². The minimum Gasteiger partial charge on any atom is -0.381 e. The van der Waals surface area contributed by atoms with E-state index >= 15 is 0 Å². The highest BCUT2D eigenvalue weighted by Crippen LogP contribution is 2.15. The van der Waals surface area contributed by atoms with Crippen LogP contribution in [0.5, 0.6) is 0 Å². The van der Waals surface area contributed by atoms with Gasteiger partial charge in [-0.25, -0.2) is 0 Å². The van der Waals surface area contributed by atoms with Crippen LogP contribution < -0.4 is 0 Å². The summed E-state index contributed by atoms with van der Waals surface area (Å²) < 4.78 is 5.39. The molecule has 0 aromatic heterocycles. The molecule has 0 aromatic carbocycles. The van der Waals surface area contributed by atoms with E-state index in [1.54, 1.807) is 0 Å². The predicted molar refractivity (Wildman–Crippen MR) is 312 cm³/mol. The van der Waals surface area contributed by atoms with Gasteiger partial charge in [-0.15, -0.1) is 0 Å². The zero-order valence-electron chi connectivity index (χ0n) is 51.7. The molecule has 7 heteroatoms. The molecule has 0 aliphatic rings. The molecule has 0 aliphatic heterocycles. The minimum absolute atomic E-state index is 0.289. The Bertz CT molecular complexity index is 1150. The van der Waals surface area contributed by atoms with Gasteiger partial charge in [0.2, 0.25) is 0 Å². The first-order chi connectivity index (χ1) is 33.3. The van der Waals surface area contributed by atoms with Gasteiger partial charge in [0.25, 0.3) is 0 Å². The van der Waals surface area contributed by atoms with E-state index in [0.29, 0.717) is 66.3 Å². The summed E-state index contributed by atoms with van der Waals surface area (Å²) in [4.78, 5) is 66.6. The Labute approximate surface area is 445 Å². The summed E-state index contributed by atoms with van der Waals surface area (Å²) in [7, 11) is 0. The fourth-order valence-corrected chi connectivity index (χ4v) is 7.07. The fraction of sp³-hybridized carbons (Fsp3) is 0.906. The van der Waals surface area contributed by atoms with Crippen LogP contribution in [0.15, 0.2) is 0 Å². The molecule has 0 saturated carbocycles. The molecule has 71 heavy (non-hydrogen) atoms. The molecule has 0 spiro atoms. The highest BCUT2D eigenvalue weighted by molar-refractivity contribution is 5.81. The van der Waals surface area contributed by atoms with Crippen LogP contribution in [-0.2, 0) is 33.5 Å². The summed E-state index contributed by atoms with van der Waals surface area (Å²) >= 11 is 0. The number of Topliss-reactive ketones (excluding diaryl/α,β-unsaturated/α-hetero) is 6. The Hall–Kier alpha value is -2.02. The van der Waals surface area contributed by atoms with Crippen molar-refractivity contribution in [2.75, 3.05) is 13.2 Å². The van der Waals surface area contributed by atoms with Crippen LogP contribution in [0.1, 0.15) is 318 Å². The Morgan fingerprint density at radius 1 is 0.282 bits per heavy atom. The van der Waals surface area contributed by atoms with Crippen LogP contribution in [0.25, 0.3) is 0 Å². The van der Waals surface area contributed by atoms with Crippen molar-refractivity contribution >= 4 is 34.7 Å². The standard InChI is InChI=1S/2C12H24O.C11H22O2.2C10H20O.C9H18O/c2*1-5-7-11(4)12(13)9-6-8-10(2)3;1-4-11(12)6-5-8-13-9-7-10(2)3;1-4-10(11)8-6-5-7-9(2)3;1-4-6-10(11)8-5-7-9(2)3;1-4-9(10)7-5-6-8(2)3/h2*10-11H,5-9H2,1-4H3;10H,4-9H2,1-3H3;2*9H,4-8H2,1-3H3;8H,4-7H2,1-3H3/t2*11-;;;;/m10..../s1. The van der Waals surface area contributed by atoms with Gasteiger partial charge >= 0.3 is 0 Å². The zero-order chi connectivity index (χ0) is 56.0. The van der Waals surface area contributed by atoms with E-state index in [1.165, 1.54) is 38.5 Å². The van der Waals surface area contributed by atoms with Crippen LogP contribution >= 0.6 is 0 Å². The smallest absolute Gasteiger partial charge is 0.135 e. The lowest BCUT2D eigenvalue weighted by Gasteiger charge is -2.09. The summed E-state index contributed by atoms with van der Waals surface area (Å²) in [5.41, 5.74) is 0. The van der Waals surface area contributed by atoms with Gasteiger partial charge in [-0.1, -0.05) is 190 Å². The lowest BCUT2D eigenvalue weighted by Crippen LogP contribution is -2.10. The third-order valence-corrected chi connectivity index (χ3v) is 12.2. The van der Waals surface area contributed by atoms with Crippen molar-refractivity contribution in [1.82, 2.24) is 0 Å². The van der Waals surface area contributed by atoms with Crippen molar-refractivity contribution in [1.29, 1.82) is 0 Å². The zero-order valence-corrected chi connectivity index (χ0v) is 51.7. The summed E-state index contributed by atoms with van der Waals surface area (Å²) in [5.74, 6) is 7.52. The number of hydrogen-bond acceptors (Lipinski definition) is 7. The molecule has 0 amide bonds. The first-order valence-corrected chi connectivity index (χ1v) is 30.0. The fourth-order valence-electron chi connectivity index (χ4n) is 7.07. The molecule has 426 valence electrons. The lowest BCUT2D eigenvalue weighted by atomic mass is 9.95. The molecule has 0 radical (unpaired) electrons. The first kappa shape index (κ1) is 80.4. The third-order valence-electron chi connectivity index (χ3n) is 12.2. The van der Waals surface area contributed by atoms with E-state index in [9.17, 15) is 28.8 Å². The molecule has 0 unspecified atom stereocenters. The Morgan fingerprint density at radius 2 is 0.577 bits per heavy atom. The van der Waals surface area contributed by atoms with Crippen LogP contribution in [0, 0.1) is 47.3 Å². The van der Waals surface area contributed by atoms with E-state index in [0.717, 1.165) is 158 Å². The summed E-state index contributed by atoms with van der Waals surface area (Å²) in [6.45, 7) is 44.2. The molecule has 0 saturated heterocycles. The number of unbranched alkanes of at least 4 members (excludes halogenated alkanes) is 1. The summed E-state index contributed by atoms with van der Waals surface area (Å²) in [6.07, 6.45) is 27.4. The number of carbonyl (C=O) groups is 6. The van der Waals surface area contributed by atoms with Gasteiger partial charge in [-0.3, -0.25) is 28.8 Å². The number of hydrogen-bond donors (Lipinski definition) is 0. The SMILES string of the molecule is CCC(=O)CCCC(C)C.CCC(=O)CCCCC(C)C.CCC(=O)CCCOCCC(C)C.CCCC(=O)CCCC(C)C.CCC[C@@H](C)C(=O)CCCC(C)C.CCC[C@H](C)C(=O)CCCC(C)C. The predicted octanol–water partition coefficient (Wildman–Crippen LogP) is 19.6. The lowest BCUT2D eigenvalue weighted by molar-refractivity contribution is -0.123. The molecule has 0 rings (SSSR count). The second-order valence-corrected chi connectivity index (χ2v) is 23.0. The van der Waals surface area contributed by atoms with Crippen molar-refractivity contribution in [3.63, 3.8) is 0 Å². The van der Waals surface area contributed by atoms with E-state index in [-0.39, 0.29) is 11.8 Å². The van der Waals surface area contributed by atoms with Crippen molar-refractivity contribution in [3.05, 3.63) is 0 Å². The highest BCUT2D eigenvalue weighted by atomic mass is 16.5. The van der Waals surface area contributed by atoms with Crippen molar-refractivity contribution < 1.29 is 33.5 Å². The molecule has 2 atom stereocenters. The quantitative estimate of drug-likeness (QED) is 0.0564. The second-order valence-electron chi connectivity index (χ2n) is 23.0. The molecule has 0 heterocycles. The molecule has 7 nitrogen and oxygen atoms in total. The molecule has 0 aliphatic carbocycles. The normalized spacial score (nSPS) is 11.6. The van der Waals surface area contributed by atoms with E-state index in [1.807, 2.05) is 20.8 Å². The van der Waals surface area contributed by atoms with Gasteiger partial charge in [0.15, 0.2) is 0 Å². The average molecular weight is 1010 g/mol. The van der Waals surface area contributed by atoms with Crippen molar-refractivity contribution in [2.45, 2.75) is 318 Å². The van der Waals surface area contributed by atoms with Gasteiger partial charge in [0, 0.05) is 89.3 Å². The van der Waals surface area contributed by atoms with Crippen LogP contribution in [-0.4, -0.2) is 47.9 Å². The van der Waals surface area contributed by atoms with Gasteiger partial charge in [0.1, 0.15) is 34.7 Å². The second kappa shape index (κ2) is 60.5. The monoisotopic (exact) mass is 1010 g/mol. The molecule has 0 bridgehead atoms. The molecular weight excluding hydrogens is 881 g/mol. The average Bonchev–Trinajstić information content (AvgIpc) is 3.29. The number of ketones is 6. The summed E-state index contributed by atoms with van der Waals surface area (Å²) in [5, 5.41) is 0. The highest BCUT2D eigenvalue weighted by Gasteiger charge is 2.12. The maximum absolute atomic E-state index is 11.5. The Balaban J connectivity index is -0.000000179. The van der Waals surface area contributed by atoms with Crippen molar-refractivity contribution in [3.8, 4) is 0 Å². The first-order valence-electron chi connectivity index (χ1n) is 30.0. The number of ether oxygens (including phenoxy) is 1. The Morgan fingerprint density at radius 3 is 0.887 bits per heavy atom. The largest absolute Gasteiger partial charge is 0.381 e. The maximum atomic E-state index is 11.5. The maximum Gasteiger partial charge on any atom is 0.135 e. The third kappa shape index (κ3) is 79.6. The molecule has 0 N–H and O–H groups in total. The van der Waals surface area contributed by atoms with Gasteiger partial charge in [-0.05, 0) is 99.7 Å². The minimum atomic E-state index is 0.289. The molecular formula is C64H128O7. The van der Waals surface area contributed by atoms with Crippen LogP contribution in [0.2, 0.25) is 0 Å². The summed E-state index contributed by atoms with van der Waals surface area (Å²) in [6, 6.07) is 0. The topological polar surface area (TPSA) is 112 Å². The molecule has 0 fully saturated rings. The van der Waals surface area contributed by atoms with Crippen molar-refractivity contribution in [2.24, 2.45) is 47.3 Å². The van der Waals surface area contributed by atoms with Gasteiger partial charge in [-0.2, -0.15) is 0 Å². The van der Waals surface area contributed by atoms with Gasteiger partial charge < -0.3 is 4.74 Å². The molecule has 0 aromatic rings. The van der Waals surface area contributed by atoms with E-state index < -0.39 is 0 Å². The van der Waals surface area contributed by atoms with E-state index in [4.69, 9.17) is 4.74 Å². The van der Waals surface area contributed by atoms with Gasteiger partial charge in [0.05, 0.1) is 0 Å². The number of carbonyl (C=O) groups excluding carboxylic acids is 6. The van der Waals surface area contributed by atoms with Crippen LogP contribution in [0.3, 0.4) is 0 Å².